The second kappa shape index (κ2) is 5.09. The molecule has 12 heavy (non-hydrogen) atoms. The van der Waals surface area contributed by atoms with Crippen molar-refractivity contribution in [3.8, 4) is 0 Å². The molecular formula is C10H15NS. The predicted octanol–water partition coefficient (Wildman–Crippen LogP) is 2.91. The van der Waals surface area contributed by atoms with Crippen molar-refractivity contribution in [1.29, 1.82) is 0 Å². The molecule has 2 heteroatoms. The summed E-state index contributed by atoms with van der Waals surface area (Å²) in [7, 11) is 0. The van der Waals surface area contributed by atoms with Gasteiger partial charge in [0.05, 0.1) is 0 Å². The lowest BCUT2D eigenvalue weighted by Gasteiger charge is -2.00. The maximum atomic E-state index is 5.65. The van der Waals surface area contributed by atoms with Crippen LogP contribution in [0.15, 0.2) is 24.3 Å². The van der Waals surface area contributed by atoms with Crippen molar-refractivity contribution in [3.05, 3.63) is 29.8 Å². The molecule has 0 heterocycles. The molecule has 0 aliphatic carbocycles. The minimum absolute atomic E-state index is 0.865. The third-order valence-corrected chi connectivity index (χ3v) is 2.80. The molecule has 0 saturated heterocycles. The molecule has 2 N–H and O–H groups in total. The molecule has 0 atom stereocenters. The van der Waals surface area contributed by atoms with E-state index in [2.05, 4.69) is 13.0 Å². The van der Waals surface area contributed by atoms with Gasteiger partial charge in [0.25, 0.3) is 0 Å². The molecule has 1 aromatic carbocycles. The van der Waals surface area contributed by atoms with E-state index < -0.39 is 0 Å². The fourth-order valence-electron chi connectivity index (χ4n) is 1.02. The largest absolute Gasteiger partial charge is 0.399 e. The summed E-state index contributed by atoms with van der Waals surface area (Å²) in [6.07, 6.45) is 1.24. The summed E-state index contributed by atoms with van der Waals surface area (Å²) < 4.78 is 0. The van der Waals surface area contributed by atoms with Gasteiger partial charge < -0.3 is 5.73 Å². The lowest BCUT2D eigenvalue weighted by molar-refractivity contribution is 1.10. The molecule has 1 aromatic rings. The van der Waals surface area contributed by atoms with Crippen molar-refractivity contribution in [1.82, 2.24) is 0 Å². The van der Waals surface area contributed by atoms with Crippen LogP contribution in [0.2, 0.25) is 0 Å². The molecule has 1 nitrogen and oxygen atoms in total. The minimum Gasteiger partial charge on any atom is -0.399 e. The summed E-state index contributed by atoms with van der Waals surface area (Å²) in [6.45, 7) is 2.20. The van der Waals surface area contributed by atoms with Crippen molar-refractivity contribution >= 4 is 17.4 Å². The molecule has 0 amide bonds. The third kappa shape index (κ3) is 3.18. The van der Waals surface area contributed by atoms with Crippen LogP contribution in [0.4, 0.5) is 5.69 Å². The van der Waals surface area contributed by atoms with Gasteiger partial charge in [-0.3, -0.25) is 0 Å². The smallest absolute Gasteiger partial charge is 0.0317 e. The number of rotatable bonds is 4. The molecule has 66 valence electrons. The Bertz CT molecular complexity index is 235. The summed E-state index contributed by atoms with van der Waals surface area (Å²) in [4.78, 5) is 0. The highest BCUT2D eigenvalue weighted by Crippen LogP contribution is 2.14. The van der Waals surface area contributed by atoms with Crippen molar-refractivity contribution in [2.24, 2.45) is 0 Å². The van der Waals surface area contributed by atoms with E-state index in [-0.39, 0.29) is 0 Å². The van der Waals surface area contributed by atoms with E-state index >= 15 is 0 Å². The molecule has 0 aliphatic heterocycles. The quantitative estimate of drug-likeness (QED) is 0.571. The number of anilines is 1. The topological polar surface area (TPSA) is 26.0 Å². The number of hydrogen-bond donors (Lipinski definition) is 1. The number of thioether (sulfide) groups is 1. The Morgan fingerprint density at radius 1 is 1.42 bits per heavy atom. The van der Waals surface area contributed by atoms with E-state index in [9.17, 15) is 0 Å². The lowest BCUT2D eigenvalue weighted by atomic mass is 10.2. The summed E-state index contributed by atoms with van der Waals surface area (Å²) in [5, 5.41) is 0. The highest BCUT2D eigenvalue weighted by atomic mass is 32.2. The van der Waals surface area contributed by atoms with Gasteiger partial charge in [0.2, 0.25) is 0 Å². The van der Waals surface area contributed by atoms with Crippen LogP contribution in [0.5, 0.6) is 0 Å². The normalized spacial score (nSPS) is 10.1. The maximum absolute atomic E-state index is 5.65. The minimum atomic E-state index is 0.865. The zero-order chi connectivity index (χ0) is 8.81. The van der Waals surface area contributed by atoms with Gasteiger partial charge in [0, 0.05) is 11.4 Å². The summed E-state index contributed by atoms with van der Waals surface area (Å²) in [6, 6.07) is 8.10. The van der Waals surface area contributed by atoms with Gasteiger partial charge in [-0.15, -0.1) is 0 Å². The van der Waals surface area contributed by atoms with Crippen LogP contribution < -0.4 is 5.73 Å². The van der Waals surface area contributed by atoms with E-state index in [0.29, 0.717) is 0 Å². The molecule has 0 aliphatic rings. The van der Waals surface area contributed by atoms with Gasteiger partial charge >= 0.3 is 0 Å². The Hall–Kier alpha value is -0.630. The summed E-state index contributed by atoms with van der Waals surface area (Å²) in [5.74, 6) is 2.31. The first kappa shape index (κ1) is 9.46. The predicted molar refractivity (Wildman–Crippen MR) is 57.3 cm³/mol. The fraction of sp³-hybridized carbons (Fsp3) is 0.400. The first-order chi connectivity index (χ1) is 5.83. The second-order valence-corrected chi connectivity index (χ2v) is 3.90. The number of nitrogens with two attached hydrogens (primary N) is 1. The second-order valence-electron chi connectivity index (χ2n) is 2.80. The van der Waals surface area contributed by atoms with Gasteiger partial charge in [-0.2, -0.15) is 11.8 Å². The van der Waals surface area contributed by atoms with E-state index in [1.165, 1.54) is 17.7 Å². The maximum Gasteiger partial charge on any atom is 0.0317 e. The molecule has 0 fully saturated rings. The van der Waals surface area contributed by atoms with Crippen molar-refractivity contribution in [2.75, 3.05) is 11.5 Å². The van der Waals surface area contributed by atoms with Gasteiger partial charge in [-0.05, 0) is 29.9 Å². The van der Waals surface area contributed by atoms with Crippen molar-refractivity contribution in [3.63, 3.8) is 0 Å². The van der Waals surface area contributed by atoms with Crippen LogP contribution in [-0.2, 0) is 5.75 Å². The van der Waals surface area contributed by atoms with Crippen molar-refractivity contribution in [2.45, 2.75) is 19.1 Å². The Labute approximate surface area is 78.4 Å². The average molecular weight is 181 g/mol. The van der Waals surface area contributed by atoms with E-state index in [1.54, 1.807) is 0 Å². The molecule has 0 unspecified atom stereocenters. The number of hydrogen-bond acceptors (Lipinski definition) is 2. The standard InChI is InChI=1S/C10H15NS/c1-2-6-12-8-9-4-3-5-10(11)7-9/h3-5,7H,2,6,8,11H2,1H3. The van der Waals surface area contributed by atoms with Crippen LogP contribution in [0.3, 0.4) is 0 Å². The van der Waals surface area contributed by atoms with E-state index in [0.717, 1.165) is 11.4 Å². The van der Waals surface area contributed by atoms with E-state index in [4.69, 9.17) is 5.73 Å². The SMILES string of the molecule is CCCSCc1cccc(N)c1. The first-order valence-corrected chi connectivity index (χ1v) is 5.40. The molecule has 0 bridgehead atoms. The molecule has 0 radical (unpaired) electrons. The monoisotopic (exact) mass is 181 g/mol. The van der Waals surface area contributed by atoms with Gasteiger partial charge in [0.15, 0.2) is 0 Å². The third-order valence-electron chi connectivity index (χ3n) is 1.57. The number of nitrogen functional groups attached to an aromatic ring is 1. The Balaban J connectivity index is 2.41. The zero-order valence-corrected chi connectivity index (χ0v) is 8.23. The summed E-state index contributed by atoms with van der Waals surface area (Å²) in [5.41, 5.74) is 7.85. The van der Waals surface area contributed by atoms with Crippen molar-refractivity contribution < 1.29 is 0 Å². The summed E-state index contributed by atoms with van der Waals surface area (Å²) >= 11 is 1.96. The number of benzene rings is 1. The molecular weight excluding hydrogens is 166 g/mol. The molecule has 0 saturated carbocycles. The Kier molecular flexibility index (Phi) is 4.01. The highest BCUT2D eigenvalue weighted by Gasteiger charge is 1.92. The Morgan fingerprint density at radius 2 is 2.25 bits per heavy atom. The Morgan fingerprint density at radius 3 is 2.92 bits per heavy atom. The van der Waals surface area contributed by atoms with Crippen LogP contribution in [0.25, 0.3) is 0 Å². The van der Waals surface area contributed by atoms with Gasteiger partial charge in [-0.1, -0.05) is 19.1 Å². The van der Waals surface area contributed by atoms with E-state index in [1.807, 2.05) is 30.0 Å². The lowest BCUT2D eigenvalue weighted by Crippen LogP contribution is -1.87. The van der Waals surface area contributed by atoms with Crippen LogP contribution in [-0.4, -0.2) is 5.75 Å². The highest BCUT2D eigenvalue weighted by molar-refractivity contribution is 7.98. The fourth-order valence-corrected chi connectivity index (χ4v) is 1.87. The van der Waals surface area contributed by atoms with Crippen LogP contribution >= 0.6 is 11.8 Å². The first-order valence-electron chi connectivity index (χ1n) is 4.25. The molecule has 0 spiro atoms. The van der Waals surface area contributed by atoms with Crippen LogP contribution in [0.1, 0.15) is 18.9 Å². The van der Waals surface area contributed by atoms with Gasteiger partial charge in [-0.25, -0.2) is 0 Å². The molecule has 0 aromatic heterocycles. The van der Waals surface area contributed by atoms with Crippen LogP contribution in [0, 0.1) is 0 Å². The molecule has 1 rings (SSSR count). The van der Waals surface area contributed by atoms with Gasteiger partial charge in [0.1, 0.15) is 0 Å². The average Bonchev–Trinajstić information content (AvgIpc) is 2.05. The zero-order valence-electron chi connectivity index (χ0n) is 7.42.